The van der Waals surface area contributed by atoms with Crippen molar-refractivity contribution in [3.8, 4) is 11.1 Å². The van der Waals surface area contributed by atoms with Crippen LogP contribution in [0.15, 0.2) is 48.5 Å². The molecule has 2 amide bonds. The first-order valence-corrected chi connectivity index (χ1v) is 11.8. The van der Waals surface area contributed by atoms with Crippen LogP contribution in [0.5, 0.6) is 0 Å². The van der Waals surface area contributed by atoms with E-state index in [-0.39, 0.29) is 43.9 Å². The van der Waals surface area contributed by atoms with Crippen molar-refractivity contribution in [3.05, 3.63) is 59.7 Å². The van der Waals surface area contributed by atoms with Crippen molar-refractivity contribution in [2.45, 2.75) is 58.4 Å². The lowest BCUT2D eigenvalue weighted by molar-refractivity contribution is -0.139. The Morgan fingerprint density at radius 3 is 2.18 bits per heavy atom. The largest absolute Gasteiger partial charge is 0.481 e. The topological polar surface area (TPSA) is 105 Å². The molecule has 1 aliphatic rings. The second kappa shape index (κ2) is 11.2. The normalized spacial score (nSPS) is 13.5. The molecule has 0 saturated heterocycles. The highest BCUT2D eigenvalue weighted by molar-refractivity contribution is 5.79. The predicted molar refractivity (Wildman–Crippen MR) is 131 cm³/mol. The van der Waals surface area contributed by atoms with E-state index >= 15 is 0 Å². The Hall–Kier alpha value is -3.35. The highest BCUT2D eigenvalue weighted by atomic mass is 16.5. The average Bonchev–Trinajstić information content (AvgIpc) is 3.09. The van der Waals surface area contributed by atoms with Crippen LogP contribution < -0.4 is 10.6 Å². The first kappa shape index (κ1) is 25.3. The number of fused-ring (bicyclic) bond motifs is 3. The maximum absolute atomic E-state index is 12.6. The molecule has 0 bridgehead atoms. The smallest absolute Gasteiger partial charge is 0.407 e. The molecule has 0 saturated carbocycles. The van der Waals surface area contributed by atoms with Crippen LogP contribution in [-0.4, -0.2) is 42.3 Å². The number of alkyl carbamates (subject to hydrolysis) is 1. The van der Waals surface area contributed by atoms with E-state index in [4.69, 9.17) is 9.84 Å². The fourth-order valence-electron chi connectivity index (χ4n) is 4.49. The summed E-state index contributed by atoms with van der Waals surface area (Å²) in [6.07, 6.45) is 0.965. The van der Waals surface area contributed by atoms with Gasteiger partial charge in [-0.3, -0.25) is 9.59 Å². The summed E-state index contributed by atoms with van der Waals surface area (Å²) in [4.78, 5) is 36.0. The Balaban J connectivity index is 1.54. The van der Waals surface area contributed by atoms with Crippen molar-refractivity contribution in [2.75, 3.05) is 13.2 Å². The van der Waals surface area contributed by atoms with Crippen LogP contribution in [0.1, 0.15) is 63.5 Å². The van der Waals surface area contributed by atoms with Gasteiger partial charge in [0.25, 0.3) is 0 Å². The third kappa shape index (κ3) is 6.59. The number of amides is 2. The van der Waals surface area contributed by atoms with Crippen molar-refractivity contribution >= 4 is 18.0 Å². The molecule has 0 fully saturated rings. The zero-order valence-corrected chi connectivity index (χ0v) is 20.1. The summed E-state index contributed by atoms with van der Waals surface area (Å²) in [5.74, 6) is -1.15. The van der Waals surface area contributed by atoms with Gasteiger partial charge in [-0.15, -0.1) is 0 Å². The van der Waals surface area contributed by atoms with Crippen LogP contribution in [0, 0.1) is 5.41 Å². The summed E-state index contributed by atoms with van der Waals surface area (Å²) >= 11 is 0. The van der Waals surface area contributed by atoms with Gasteiger partial charge < -0.3 is 20.5 Å². The SMILES string of the molecule is CCCC(CC(=O)NCC(C)(C)CC(=O)O)NC(=O)OCC1c2ccccc2-c2ccccc21. The maximum Gasteiger partial charge on any atom is 0.407 e. The lowest BCUT2D eigenvalue weighted by Crippen LogP contribution is -2.42. The summed E-state index contributed by atoms with van der Waals surface area (Å²) < 4.78 is 5.61. The van der Waals surface area contributed by atoms with Gasteiger partial charge in [0.15, 0.2) is 0 Å². The van der Waals surface area contributed by atoms with Crippen molar-refractivity contribution in [2.24, 2.45) is 5.41 Å². The molecule has 0 aromatic heterocycles. The van der Waals surface area contributed by atoms with Gasteiger partial charge in [-0.25, -0.2) is 4.79 Å². The molecule has 1 atom stereocenters. The number of nitrogens with one attached hydrogen (secondary N) is 2. The maximum atomic E-state index is 12.6. The quantitative estimate of drug-likeness (QED) is 0.445. The molecule has 0 radical (unpaired) electrons. The predicted octanol–water partition coefficient (Wildman–Crippen LogP) is 4.70. The highest BCUT2D eigenvalue weighted by Gasteiger charge is 2.29. The second-order valence-corrected chi connectivity index (χ2v) is 9.67. The van der Waals surface area contributed by atoms with Crippen molar-refractivity contribution in [3.63, 3.8) is 0 Å². The number of carboxylic acids is 1. The van der Waals surface area contributed by atoms with E-state index < -0.39 is 17.5 Å². The Morgan fingerprint density at radius 2 is 1.62 bits per heavy atom. The number of ether oxygens (including phenoxy) is 1. The highest BCUT2D eigenvalue weighted by Crippen LogP contribution is 2.44. The third-order valence-corrected chi connectivity index (χ3v) is 6.13. The van der Waals surface area contributed by atoms with Crippen LogP contribution in [-0.2, 0) is 14.3 Å². The van der Waals surface area contributed by atoms with Crippen LogP contribution >= 0.6 is 0 Å². The number of carbonyl (C=O) groups is 3. The van der Waals surface area contributed by atoms with E-state index in [2.05, 4.69) is 34.9 Å². The van der Waals surface area contributed by atoms with E-state index in [1.54, 1.807) is 13.8 Å². The molecule has 182 valence electrons. The van der Waals surface area contributed by atoms with Gasteiger partial charge in [0.2, 0.25) is 5.91 Å². The van der Waals surface area contributed by atoms with Crippen molar-refractivity contribution in [1.82, 2.24) is 10.6 Å². The van der Waals surface area contributed by atoms with Gasteiger partial charge in [0.1, 0.15) is 6.61 Å². The molecule has 3 rings (SSSR count). The number of carboxylic acid groups (broad SMARTS) is 1. The zero-order chi connectivity index (χ0) is 24.7. The molecular weight excluding hydrogens is 432 g/mol. The van der Waals surface area contributed by atoms with E-state index in [9.17, 15) is 14.4 Å². The average molecular weight is 467 g/mol. The molecule has 3 N–H and O–H groups in total. The molecule has 0 spiro atoms. The number of aliphatic carboxylic acids is 1. The number of carbonyl (C=O) groups excluding carboxylic acids is 2. The summed E-state index contributed by atoms with van der Waals surface area (Å²) in [5, 5.41) is 14.6. The van der Waals surface area contributed by atoms with Crippen LogP contribution in [0.3, 0.4) is 0 Å². The van der Waals surface area contributed by atoms with Gasteiger partial charge >= 0.3 is 12.1 Å². The molecular formula is C27H34N2O5. The Morgan fingerprint density at radius 1 is 1.03 bits per heavy atom. The number of rotatable bonds is 11. The molecule has 0 aliphatic heterocycles. The monoisotopic (exact) mass is 466 g/mol. The first-order chi connectivity index (χ1) is 16.2. The minimum atomic E-state index is -0.903. The number of hydrogen-bond donors (Lipinski definition) is 3. The molecule has 0 heterocycles. The van der Waals surface area contributed by atoms with E-state index in [1.165, 1.54) is 11.1 Å². The van der Waals surface area contributed by atoms with Crippen LogP contribution in [0.4, 0.5) is 4.79 Å². The first-order valence-electron chi connectivity index (χ1n) is 11.8. The minimum Gasteiger partial charge on any atom is -0.481 e. The molecule has 1 unspecified atom stereocenters. The number of benzene rings is 2. The van der Waals surface area contributed by atoms with Gasteiger partial charge in [0, 0.05) is 24.9 Å². The lowest BCUT2D eigenvalue weighted by Gasteiger charge is -2.24. The summed E-state index contributed by atoms with van der Waals surface area (Å²) in [6, 6.07) is 15.9. The standard InChI is InChI=1S/C27H34N2O5/c1-4-9-18(14-24(30)28-17-27(2,3)15-25(31)32)29-26(33)34-16-23-21-12-7-5-10-19(21)20-11-6-8-13-22(20)23/h5-8,10-13,18,23H,4,9,14-17H2,1-3H3,(H,28,30)(H,29,33)(H,31,32). The molecule has 2 aromatic rings. The van der Waals surface area contributed by atoms with Gasteiger partial charge in [0.05, 0.1) is 6.42 Å². The summed E-state index contributed by atoms with van der Waals surface area (Å²) in [7, 11) is 0. The second-order valence-electron chi connectivity index (χ2n) is 9.67. The molecule has 7 heteroatoms. The summed E-state index contributed by atoms with van der Waals surface area (Å²) in [6.45, 7) is 6.04. The van der Waals surface area contributed by atoms with Gasteiger partial charge in [-0.2, -0.15) is 0 Å². The van der Waals surface area contributed by atoms with Gasteiger partial charge in [-0.1, -0.05) is 75.7 Å². The molecule has 2 aromatic carbocycles. The van der Waals surface area contributed by atoms with Crippen LogP contribution in [0.2, 0.25) is 0 Å². The Labute approximate surface area is 200 Å². The molecule has 1 aliphatic carbocycles. The van der Waals surface area contributed by atoms with Crippen LogP contribution in [0.25, 0.3) is 11.1 Å². The Bertz CT molecular complexity index is 988. The third-order valence-electron chi connectivity index (χ3n) is 6.13. The van der Waals surface area contributed by atoms with Crippen molar-refractivity contribution in [1.29, 1.82) is 0 Å². The molecule has 34 heavy (non-hydrogen) atoms. The molecule has 7 nitrogen and oxygen atoms in total. The number of hydrogen-bond acceptors (Lipinski definition) is 4. The summed E-state index contributed by atoms with van der Waals surface area (Å²) in [5.41, 5.74) is 4.06. The zero-order valence-electron chi connectivity index (χ0n) is 20.1. The fraction of sp³-hybridized carbons (Fsp3) is 0.444. The van der Waals surface area contributed by atoms with E-state index in [0.29, 0.717) is 6.42 Å². The van der Waals surface area contributed by atoms with E-state index in [1.807, 2.05) is 31.2 Å². The van der Waals surface area contributed by atoms with Gasteiger partial charge in [-0.05, 0) is 34.1 Å². The van der Waals surface area contributed by atoms with E-state index in [0.717, 1.165) is 17.5 Å². The van der Waals surface area contributed by atoms with Crippen molar-refractivity contribution < 1.29 is 24.2 Å². The lowest BCUT2D eigenvalue weighted by atomic mass is 9.89. The minimum absolute atomic E-state index is 0.0254. The fourth-order valence-corrected chi connectivity index (χ4v) is 4.49. The Kier molecular flexibility index (Phi) is 8.31.